The molecule has 7 heteroatoms. The highest BCUT2D eigenvalue weighted by Crippen LogP contribution is 2.51. The molecule has 0 aliphatic carbocycles. The van der Waals surface area contributed by atoms with Gasteiger partial charge in [0.15, 0.2) is 0 Å². The molecule has 1 aromatic heterocycles. The van der Waals surface area contributed by atoms with E-state index in [4.69, 9.17) is 4.74 Å². The monoisotopic (exact) mass is 442 g/mol. The number of furan rings is 1. The van der Waals surface area contributed by atoms with Gasteiger partial charge in [-0.05, 0) is 75.4 Å². The summed E-state index contributed by atoms with van der Waals surface area (Å²) in [7, 11) is -0.816. The zero-order valence-electron chi connectivity index (χ0n) is 16.0. The predicted molar refractivity (Wildman–Crippen MR) is 112 cm³/mol. The number of alkyl halides is 3. The van der Waals surface area contributed by atoms with Crippen molar-refractivity contribution in [3.05, 3.63) is 109 Å². The Hall–Kier alpha value is -3.45. The average Bonchev–Trinajstić information content (AvgIpc) is 3.28. The predicted octanol–water partition coefficient (Wildman–Crippen LogP) is 7.00. The second kappa shape index (κ2) is 8.73. The molecule has 0 atom stereocenters. The van der Waals surface area contributed by atoms with Crippen LogP contribution in [0.2, 0.25) is 0 Å². The maximum absolute atomic E-state index is 12.6. The molecule has 0 saturated heterocycles. The number of halogens is 3. The molecule has 0 saturated carbocycles. The molecule has 4 rings (SSSR count). The Morgan fingerprint density at radius 2 is 1.23 bits per heavy atom. The van der Waals surface area contributed by atoms with Crippen LogP contribution in [-0.4, -0.2) is 5.97 Å². The lowest BCUT2D eigenvalue weighted by Gasteiger charge is -2.23. The van der Waals surface area contributed by atoms with Crippen molar-refractivity contribution in [2.45, 2.75) is 20.9 Å². The molecule has 0 N–H and O–H groups in total. The Balaban J connectivity index is 1.56. The summed E-state index contributed by atoms with van der Waals surface area (Å²) < 4.78 is 47.7. The fraction of sp³-hybridized carbons (Fsp3) is 0.0417. The van der Waals surface area contributed by atoms with Crippen molar-refractivity contribution in [3.8, 4) is 5.75 Å². The van der Waals surface area contributed by atoms with E-state index in [1.54, 1.807) is 12.1 Å². The summed E-state index contributed by atoms with van der Waals surface area (Å²) in [6.07, 6.45) is -4.66. The summed E-state index contributed by atoms with van der Waals surface area (Å²) in [6, 6.07) is 28.8. The molecule has 4 aromatic rings. The van der Waals surface area contributed by atoms with Gasteiger partial charge in [-0.1, -0.05) is 36.4 Å². The summed E-state index contributed by atoms with van der Waals surface area (Å²) in [5.74, 6) is -2.52. The second-order valence-corrected chi connectivity index (χ2v) is 8.77. The number of esters is 1. The zero-order chi connectivity index (χ0) is 21.8. The van der Waals surface area contributed by atoms with Crippen molar-refractivity contribution in [2.75, 3.05) is 0 Å². The number of thiol groups is 1. The summed E-state index contributed by atoms with van der Waals surface area (Å²) in [5, 5.41) is 0. The Morgan fingerprint density at radius 3 is 1.71 bits per heavy atom. The zero-order valence-corrected chi connectivity index (χ0v) is 16.9. The van der Waals surface area contributed by atoms with Gasteiger partial charge >= 0.3 is 12.1 Å². The molecule has 3 nitrogen and oxygen atoms in total. The van der Waals surface area contributed by atoms with Gasteiger partial charge in [-0.15, -0.1) is 0 Å². The van der Waals surface area contributed by atoms with Gasteiger partial charge in [0, 0.05) is 0 Å². The lowest BCUT2D eigenvalue weighted by molar-refractivity contribution is -0.153. The first-order valence-corrected chi connectivity index (χ1v) is 10.7. The van der Waals surface area contributed by atoms with Gasteiger partial charge in [-0.3, -0.25) is 0 Å². The van der Waals surface area contributed by atoms with Crippen molar-refractivity contribution in [1.29, 1.82) is 0 Å². The van der Waals surface area contributed by atoms with E-state index in [2.05, 4.69) is 28.7 Å². The molecular formula is C24H17F3O3S. The minimum absolute atomic E-state index is 0.217. The largest absolute Gasteiger partial charge is 0.449 e. The van der Waals surface area contributed by atoms with Gasteiger partial charge in [-0.2, -0.15) is 24.1 Å². The number of carbonyl (C=O) groups excluding carboxylic acids is 1. The van der Waals surface area contributed by atoms with Crippen molar-refractivity contribution in [1.82, 2.24) is 0 Å². The average molecular weight is 442 g/mol. The van der Waals surface area contributed by atoms with Gasteiger partial charge in [0.05, 0.1) is 0 Å². The molecule has 0 unspecified atom stereocenters. The number of hydrogen-bond donors (Lipinski definition) is 1. The number of carbonyl (C=O) groups is 1. The molecule has 3 aromatic carbocycles. The highest BCUT2D eigenvalue weighted by atomic mass is 32.2. The Bertz CT molecular complexity index is 1110. The van der Waals surface area contributed by atoms with Gasteiger partial charge < -0.3 is 9.15 Å². The molecule has 31 heavy (non-hydrogen) atoms. The van der Waals surface area contributed by atoms with E-state index in [0.29, 0.717) is 6.07 Å². The van der Waals surface area contributed by atoms with E-state index in [-0.39, 0.29) is 5.75 Å². The van der Waals surface area contributed by atoms with Crippen molar-refractivity contribution < 1.29 is 27.1 Å². The quantitative estimate of drug-likeness (QED) is 0.206. The molecule has 0 amide bonds. The summed E-state index contributed by atoms with van der Waals surface area (Å²) in [5.41, 5.74) is 0. The van der Waals surface area contributed by atoms with Crippen molar-refractivity contribution >= 4 is 16.9 Å². The normalized spacial score (nSPS) is 11.8. The molecule has 0 bridgehead atoms. The van der Waals surface area contributed by atoms with Crippen LogP contribution in [0.1, 0.15) is 16.3 Å². The lowest BCUT2D eigenvalue weighted by Crippen LogP contribution is -2.08. The van der Waals surface area contributed by atoms with Crippen LogP contribution in [0.4, 0.5) is 13.2 Å². The molecular weight excluding hydrogens is 425 g/mol. The smallest absolute Gasteiger partial charge is 0.444 e. The van der Waals surface area contributed by atoms with Gasteiger partial charge in [0.2, 0.25) is 11.5 Å². The van der Waals surface area contributed by atoms with E-state index in [1.165, 1.54) is 9.79 Å². The molecule has 0 aliphatic rings. The third-order valence-electron chi connectivity index (χ3n) is 4.42. The second-order valence-electron chi connectivity index (χ2n) is 6.55. The van der Waals surface area contributed by atoms with Crippen LogP contribution in [-0.2, 0) is 6.18 Å². The van der Waals surface area contributed by atoms with E-state index in [1.807, 2.05) is 48.5 Å². The van der Waals surface area contributed by atoms with Gasteiger partial charge in [-0.25, -0.2) is 4.79 Å². The molecule has 0 spiro atoms. The minimum atomic E-state index is -4.66. The molecule has 158 valence electrons. The molecule has 0 radical (unpaired) electrons. The third kappa shape index (κ3) is 4.83. The Morgan fingerprint density at radius 1 is 0.710 bits per heavy atom. The first-order valence-electron chi connectivity index (χ1n) is 9.31. The first-order chi connectivity index (χ1) is 14.9. The van der Waals surface area contributed by atoms with E-state index in [9.17, 15) is 18.0 Å². The number of benzene rings is 3. The SMILES string of the molecule is O=C(Oc1ccc([SH](c2ccccc2)c2ccccc2)cc1)c1ccc(C(F)(F)F)o1. The highest BCUT2D eigenvalue weighted by molar-refractivity contribution is 8.17. The van der Waals surface area contributed by atoms with E-state index >= 15 is 0 Å². The van der Waals surface area contributed by atoms with Gasteiger partial charge in [0.25, 0.3) is 0 Å². The fourth-order valence-corrected chi connectivity index (χ4v) is 5.30. The number of ether oxygens (including phenoxy) is 1. The first kappa shape index (κ1) is 20.8. The van der Waals surface area contributed by atoms with Crippen LogP contribution >= 0.6 is 10.9 Å². The maximum atomic E-state index is 12.6. The number of rotatable bonds is 5. The van der Waals surface area contributed by atoms with Crippen LogP contribution in [0.3, 0.4) is 0 Å². The summed E-state index contributed by atoms with van der Waals surface area (Å²) in [6.45, 7) is 0. The Kier molecular flexibility index (Phi) is 5.86. The summed E-state index contributed by atoms with van der Waals surface area (Å²) >= 11 is 0. The molecule has 1 heterocycles. The van der Waals surface area contributed by atoms with Gasteiger partial charge in [0.1, 0.15) is 5.75 Å². The molecule has 0 fully saturated rings. The van der Waals surface area contributed by atoms with Crippen LogP contribution < -0.4 is 4.74 Å². The lowest BCUT2D eigenvalue weighted by atomic mass is 10.3. The van der Waals surface area contributed by atoms with Crippen LogP contribution in [0.25, 0.3) is 0 Å². The van der Waals surface area contributed by atoms with Crippen molar-refractivity contribution in [2.24, 2.45) is 0 Å². The molecule has 0 aliphatic heterocycles. The summed E-state index contributed by atoms with van der Waals surface area (Å²) in [4.78, 5) is 15.5. The van der Waals surface area contributed by atoms with Crippen molar-refractivity contribution in [3.63, 3.8) is 0 Å². The third-order valence-corrected chi connectivity index (χ3v) is 6.86. The maximum Gasteiger partial charge on any atom is 0.449 e. The van der Waals surface area contributed by atoms with E-state index in [0.717, 1.165) is 11.0 Å². The fourth-order valence-electron chi connectivity index (χ4n) is 3.02. The van der Waals surface area contributed by atoms with Crippen LogP contribution in [0.5, 0.6) is 5.75 Å². The van der Waals surface area contributed by atoms with Crippen LogP contribution in [0, 0.1) is 0 Å². The standard InChI is InChI=1S/C24H17F3O3S/c25-24(26,27)22-16-15-21(30-22)23(28)29-17-11-13-20(14-12-17)31(18-7-3-1-4-8-18)19-9-5-2-6-10-19/h1-16,31H. The van der Waals surface area contributed by atoms with E-state index < -0.39 is 34.6 Å². The number of hydrogen-bond acceptors (Lipinski definition) is 3. The highest BCUT2D eigenvalue weighted by Gasteiger charge is 2.35. The van der Waals surface area contributed by atoms with Crippen LogP contribution in [0.15, 0.2) is 116 Å². The Labute approximate surface area is 179 Å². The minimum Gasteiger partial charge on any atom is -0.444 e. The topological polar surface area (TPSA) is 39.4 Å².